The average molecular weight is 502 g/mol. The van der Waals surface area contributed by atoms with Crippen LogP contribution in [0, 0.1) is 6.92 Å². The van der Waals surface area contributed by atoms with Crippen LogP contribution in [0.4, 0.5) is 31.1 Å². The highest BCUT2D eigenvalue weighted by Gasteiger charge is 2.46. The summed E-state index contributed by atoms with van der Waals surface area (Å²) < 4.78 is 80.1. The summed E-state index contributed by atoms with van der Waals surface area (Å²) in [6.07, 6.45) is -9.71. The van der Waals surface area contributed by atoms with Gasteiger partial charge in [0.05, 0.1) is 18.8 Å². The summed E-state index contributed by atoms with van der Waals surface area (Å²) in [5, 5.41) is 15.9. The van der Waals surface area contributed by atoms with E-state index in [9.17, 15) is 31.1 Å². The number of likely N-dealkylation sites (tertiary alicyclic amines) is 1. The lowest BCUT2D eigenvalue weighted by atomic mass is 9.83. The van der Waals surface area contributed by atoms with Crippen LogP contribution in [-0.2, 0) is 14.3 Å². The van der Waals surface area contributed by atoms with E-state index in [0.717, 1.165) is 17.7 Å². The lowest BCUT2D eigenvalue weighted by Crippen LogP contribution is -2.48. The predicted molar refractivity (Wildman–Crippen MR) is 103 cm³/mol. The number of pyridine rings is 1. The van der Waals surface area contributed by atoms with Gasteiger partial charge >= 0.3 is 24.4 Å². The molecule has 3 rings (SSSR count). The van der Waals surface area contributed by atoms with Gasteiger partial charge in [-0.1, -0.05) is 6.07 Å². The highest BCUT2D eigenvalue weighted by Crippen LogP contribution is 2.42. The summed E-state index contributed by atoms with van der Waals surface area (Å²) in [5.74, 6) is -2.53. The van der Waals surface area contributed by atoms with Crippen LogP contribution in [-0.4, -0.2) is 82.5 Å². The van der Waals surface area contributed by atoms with Gasteiger partial charge in [-0.15, -0.1) is 0 Å². The van der Waals surface area contributed by atoms with Gasteiger partial charge in [-0.05, 0) is 37.8 Å². The number of carbonyl (C=O) groups excluding carboxylic acids is 1. The second kappa shape index (κ2) is 10.8. The summed E-state index contributed by atoms with van der Waals surface area (Å²) in [6.45, 7) is 1.71. The van der Waals surface area contributed by atoms with E-state index in [0.29, 0.717) is 19.4 Å². The Morgan fingerprint density at radius 2 is 1.82 bits per heavy atom. The average Bonchev–Trinajstić information content (AvgIpc) is 3.15. The SMILES string of the molecule is Cc1ccc(C2COC3(CCN(C(=O)O[C@H](CO)C(F)(F)F)CC3)C2)cn1.O=C(O)C(F)(F)F. The number of aryl methyl sites for hydroxylation is 1. The third-order valence-electron chi connectivity index (χ3n) is 5.56. The van der Waals surface area contributed by atoms with Crippen LogP contribution >= 0.6 is 0 Å². The lowest BCUT2D eigenvalue weighted by Gasteiger charge is -2.38. The number of alkyl halides is 6. The van der Waals surface area contributed by atoms with Gasteiger partial charge in [-0.3, -0.25) is 4.98 Å². The molecular formula is C20H24F6N2O6. The third-order valence-corrected chi connectivity index (χ3v) is 5.56. The van der Waals surface area contributed by atoms with Crippen LogP contribution < -0.4 is 0 Å². The Hall–Kier alpha value is -2.61. The topological polar surface area (TPSA) is 109 Å². The fourth-order valence-corrected chi connectivity index (χ4v) is 3.63. The minimum absolute atomic E-state index is 0.223. The number of ether oxygens (including phenoxy) is 2. The number of hydrogen-bond acceptors (Lipinski definition) is 6. The number of rotatable bonds is 3. The molecule has 2 aliphatic rings. The van der Waals surface area contributed by atoms with Gasteiger partial charge in [0.2, 0.25) is 6.10 Å². The molecule has 1 spiro atoms. The Balaban J connectivity index is 0.000000509. The van der Waals surface area contributed by atoms with E-state index in [1.807, 2.05) is 25.3 Å². The number of aliphatic hydroxyl groups is 1. The largest absolute Gasteiger partial charge is 0.490 e. The molecule has 1 unspecified atom stereocenters. The summed E-state index contributed by atoms with van der Waals surface area (Å²) >= 11 is 0. The number of aliphatic hydroxyl groups excluding tert-OH is 1. The van der Waals surface area contributed by atoms with E-state index >= 15 is 0 Å². The highest BCUT2D eigenvalue weighted by atomic mass is 19.4. The van der Waals surface area contributed by atoms with Crippen molar-refractivity contribution in [2.75, 3.05) is 26.3 Å². The standard InChI is InChI=1S/C18H23F3N2O4.C2HF3O2/c1-12-2-3-13(9-22-12)14-8-17(26-11-14)4-6-23(7-5-17)16(25)27-15(10-24)18(19,20)21;3-2(4,5)1(6)7/h2-3,9,14-15,24H,4-8,10-11H2,1H3;(H,6,7)/t14?,15-;/m1./s1. The van der Waals surface area contributed by atoms with E-state index in [1.54, 1.807) is 0 Å². The number of carbonyl (C=O) groups is 2. The van der Waals surface area contributed by atoms with Gasteiger partial charge in [0, 0.05) is 30.9 Å². The maximum absolute atomic E-state index is 12.6. The number of aromatic nitrogens is 1. The number of carboxylic acid groups (broad SMARTS) is 1. The van der Waals surface area contributed by atoms with E-state index in [4.69, 9.17) is 19.7 Å². The van der Waals surface area contributed by atoms with Crippen molar-refractivity contribution in [3.63, 3.8) is 0 Å². The van der Waals surface area contributed by atoms with E-state index in [1.165, 1.54) is 4.90 Å². The fraction of sp³-hybridized carbons (Fsp3) is 0.650. The monoisotopic (exact) mass is 502 g/mol. The van der Waals surface area contributed by atoms with Crippen LogP contribution in [0.5, 0.6) is 0 Å². The van der Waals surface area contributed by atoms with Crippen LogP contribution in [0.3, 0.4) is 0 Å². The molecule has 1 aromatic heterocycles. The van der Waals surface area contributed by atoms with Crippen molar-refractivity contribution in [1.29, 1.82) is 0 Å². The maximum atomic E-state index is 12.6. The Bertz CT molecular complexity index is 837. The first-order chi connectivity index (χ1) is 15.7. The molecule has 0 saturated carbocycles. The van der Waals surface area contributed by atoms with Crippen LogP contribution in [0.2, 0.25) is 0 Å². The smallest absolute Gasteiger partial charge is 0.475 e. The first-order valence-corrected chi connectivity index (χ1v) is 10.2. The maximum Gasteiger partial charge on any atom is 0.490 e. The molecular weight excluding hydrogens is 478 g/mol. The van der Waals surface area contributed by atoms with Crippen molar-refractivity contribution in [2.24, 2.45) is 0 Å². The quantitative estimate of drug-likeness (QED) is 0.610. The summed E-state index contributed by atoms with van der Waals surface area (Å²) in [6, 6.07) is 3.99. The molecule has 1 amide bonds. The number of aliphatic carboxylic acids is 1. The van der Waals surface area contributed by atoms with Crippen molar-refractivity contribution >= 4 is 12.1 Å². The Labute approximate surface area is 190 Å². The fourth-order valence-electron chi connectivity index (χ4n) is 3.63. The first kappa shape index (κ1) is 27.6. The normalized spacial score (nSPS) is 20.9. The molecule has 34 heavy (non-hydrogen) atoms. The number of carboxylic acids is 1. The lowest BCUT2D eigenvalue weighted by molar-refractivity contribution is -0.215. The molecule has 2 saturated heterocycles. The molecule has 14 heteroatoms. The molecule has 2 atom stereocenters. The number of piperidine rings is 1. The molecule has 192 valence electrons. The summed E-state index contributed by atoms with van der Waals surface area (Å²) in [4.78, 5) is 26.4. The number of nitrogens with zero attached hydrogens (tertiary/aromatic N) is 2. The van der Waals surface area contributed by atoms with E-state index < -0.39 is 37.1 Å². The summed E-state index contributed by atoms with van der Waals surface area (Å²) in [7, 11) is 0. The van der Waals surface area contributed by atoms with E-state index in [2.05, 4.69) is 9.72 Å². The molecule has 3 heterocycles. The van der Waals surface area contributed by atoms with Gasteiger partial charge in [0.15, 0.2) is 0 Å². The molecule has 1 aromatic rings. The van der Waals surface area contributed by atoms with Crippen molar-refractivity contribution in [3.05, 3.63) is 29.6 Å². The van der Waals surface area contributed by atoms with Gasteiger partial charge in [-0.25, -0.2) is 9.59 Å². The third kappa shape index (κ3) is 7.45. The van der Waals surface area contributed by atoms with Crippen molar-refractivity contribution in [3.8, 4) is 0 Å². The zero-order valence-corrected chi connectivity index (χ0v) is 18.0. The zero-order chi connectivity index (χ0) is 25.7. The van der Waals surface area contributed by atoms with Gasteiger partial charge < -0.3 is 24.6 Å². The molecule has 2 aliphatic heterocycles. The van der Waals surface area contributed by atoms with Gasteiger partial charge in [0.1, 0.15) is 0 Å². The van der Waals surface area contributed by atoms with Crippen LogP contribution in [0.1, 0.15) is 36.4 Å². The zero-order valence-electron chi connectivity index (χ0n) is 18.0. The van der Waals surface area contributed by atoms with Gasteiger partial charge in [-0.2, -0.15) is 26.3 Å². The van der Waals surface area contributed by atoms with Crippen molar-refractivity contribution in [2.45, 2.75) is 56.2 Å². The predicted octanol–water partition coefficient (Wildman–Crippen LogP) is 3.42. The minimum atomic E-state index is -5.08. The van der Waals surface area contributed by atoms with Crippen LogP contribution in [0.25, 0.3) is 0 Å². The molecule has 0 aromatic carbocycles. The second-order valence-corrected chi connectivity index (χ2v) is 8.01. The molecule has 8 nitrogen and oxygen atoms in total. The minimum Gasteiger partial charge on any atom is -0.475 e. The number of halogens is 6. The molecule has 0 radical (unpaired) electrons. The Kier molecular flexibility index (Phi) is 8.75. The summed E-state index contributed by atoms with van der Waals surface area (Å²) in [5.41, 5.74) is 1.68. The number of hydrogen-bond donors (Lipinski definition) is 2. The van der Waals surface area contributed by atoms with E-state index in [-0.39, 0.29) is 24.6 Å². The molecule has 0 bridgehead atoms. The Morgan fingerprint density at radius 3 is 2.26 bits per heavy atom. The number of amides is 1. The van der Waals surface area contributed by atoms with Gasteiger partial charge in [0.25, 0.3) is 0 Å². The molecule has 2 fully saturated rings. The second-order valence-electron chi connectivity index (χ2n) is 8.01. The van der Waals surface area contributed by atoms with Crippen molar-refractivity contribution in [1.82, 2.24) is 9.88 Å². The van der Waals surface area contributed by atoms with Crippen molar-refractivity contribution < 1.29 is 55.6 Å². The first-order valence-electron chi connectivity index (χ1n) is 10.2. The van der Waals surface area contributed by atoms with Crippen LogP contribution in [0.15, 0.2) is 18.3 Å². The highest BCUT2D eigenvalue weighted by molar-refractivity contribution is 5.73. The molecule has 0 aliphatic carbocycles. The Morgan fingerprint density at radius 1 is 1.24 bits per heavy atom. The molecule has 2 N–H and O–H groups in total.